The molecule has 1 amide bonds. The van der Waals surface area contributed by atoms with Gasteiger partial charge in [0.2, 0.25) is 5.91 Å². The quantitative estimate of drug-likeness (QED) is 0.929. The van der Waals surface area contributed by atoms with Crippen molar-refractivity contribution in [1.29, 1.82) is 0 Å². The summed E-state index contributed by atoms with van der Waals surface area (Å²) in [5, 5.41) is 3.03. The van der Waals surface area contributed by atoms with Crippen LogP contribution in [-0.4, -0.2) is 19.0 Å². The SMILES string of the molecule is Cc1cc(C)cc(NC(=O)CN2CCCc3cc(C)ccc32)c1. The van der Waals surface area contributed by atoms with Crippen LogP contribution in [0.5, 0.6) is 0 Å². The van der Waals surface area contributed by atoms with Gasteiger partial charge < -0.3 is 10.2 Å². The van der Waals surface area contributed by atoms with Crippen molar-refractivity contribution in [3.63, 3.8) is 0 Å². The van der Waals surface area contributed by atoms with Gasteiger partial charge in [-0.3, -0.25) is 4.79 Å². The van der Waals surface area contributed by atoms with E-state index in [1.165, 1.54) is 27.9 Å². The van der Waals surface area contributed by atoms with Crippen LogP contribution in [0.2, 0.25) is 0 Å². The first-order chi connectivity index (χ1) is 11.0. The van der Waals surface area contributed by atoms with Crippen molar-refractivity contribution in [3.8, 4) is 0 Å². The van der Waals surface area contributed by atoms with Crippen LogP contribution < -0.4 is 10.2 Å². The summed E-state index contributed by atoms with van der Waals surface area (Å²) in [6, 6.07) is 12.6. The van der Waals surface area contributed by atoms with Crippen molar-refractivity contribution in [1.82, 2.24) is 0 Å². The Hall–Kier alpha value is -2.29. The molecule has 1 heterocycles. The Kier molecular flexibility index (Phi) is 4.37. The Balaban J connectivity index is 1.71. The molecule has 1 aliphatic heterocycles. The number of fused-ring (bicyclic) bond motifs is 1. The fourth-order valence-electron chi connectivity index (χ4n) is 3.39. The van der Waals surface area contributed by atoms with Gasteiger partial charge in [-0.05, 0) is 68.5 Å². The van der Waals surface area contributed by atoms with E-state index in [1.807, 2.05) is 26.0 Å². The average Bonchev–Trinajstić information content (AvgIpc) is 2.45. The van der Waals surface area contributed by atoms with Crippen molar-refractivity contribution >= 4 is 17.3 Å². The van der Waals surface area contributed by atoms with E-state index in [0.29, 0.717) is 6.54 Å². The van der Waals surface area contributed by atoms with Crippen LogP contribution in [0.25, 0.3) is 0 Å². The van der Waals surface area contributed by atoms with Gasteiger partial charge in [-0.15, -0.1) is 0 Å². The molecule has 23 heavy (non-hydrogen) atoms. The van der Waals surface area contributed by atoms with Crippen molar-refractivity contribution in [2.75, 3.05) is 23.3 Å². The molecule has 1 N–H and O–H groups in total. The zero-order valence-corrected chi connectivity index (χ0v) is 14.1. The molecule has 0 fully saturated rings. The molecule has 120 valence electrons. The summed E-state index contributed by atoms with van der Waals surface area (Å²) >= 11 is 0. The molecule has 0 radical (unpaired) electrons. The largest absolute Gasteiger partial charge is 0.362 e. The van der Waals surface area contributed by atoms with Gasteiger partial charge in [0, 0.05) is 17.9 Å². The topological polar surface area (TPSA) is 32.3 Å². The molecular formula is C20H24N2O. The van der Waals surface area contributed by atoms with Gasteiger partial charge in [0.1, 0.15) is 0 Å². The summed E-state index contributed by atoms with van der Waals surface area (Å²) in [7, 11) is 0. The Bertz CT molecular complexity index is 716. The Morgan fingerprint density at radius 1 is 1.04 bits per heavy atom. The van der Waals surface area contributed by atoms with Gasteiger partial charge in [-0.2, -0.15) is 0 Å². The highest BCUT2D eigenvalue weighted by Gasteiger charge is 2.19. The number of anilines is 2. The van der Waals surface area contributed by atoms with Crippen molar-refractivity contribution in [2.45, 2.75) is 33.6 Å². The highest BCUT2D eigenvalue weighted by molar-refractivity contribution is 5.94. The summed E-state index contributed by atoms with van der Waals surface area (Å²) in [4.78, 5) is 14.6. The molecule has 0 aliphatic carbocycles. The van der Waals surface area contributed by atoms with E-state index in [-0.39, 0.29) is 5.91 Å². The highest BCUT2D eigenvalue weighted by atomic mass is 16.2. The zero-order chi connectivity index (χ0) is 16.4. The molecule has 0 aromatic heterocycles. The van der Waals surface area contributed by atoms with Gasteiger partial charge in [0.25, 0.3) is 0 Å². The molecule has 1 aliphatic rings. The van der Waals surface area contributed by atoms with Gasteiger partial charge in [0.15, 0.2) is 0 Å². The van der Waals surface area contributed by atoms with Gasteiger partial charge in [0.05, 0.1) is 6.54 Å². The lowest BCUT2D eigenvalue weighted by molar-refractivity contribution is -0.115. The zero-order valence-electron chi connectivity index (χ0n) is 14.1. The maximum absolute atomic E-state index is 12.4. The standard InChI is InChI=1S/C20H24N2O/c1-14-6-7-19-17(10-14)5-4-8-22(19)13-20(23)21-18-11-15(2)9-16(3)12-18/h6-7,9-12H,4-5,8,13H2,1-3H3,(H,21,23). The Morgan fingerprint density at radius 2 is 1.78 bits per heavy atom. The lowest BCUT2D eigenvalue weighted by Crippen LogP contribution is -2.36. The highest BCUT2D eigenvalue weighted by Crippen LogP contribution is 2.27. The summed E-state index contributed by atoms with van der Waals surface area (Å²) in [6.07, 6.45) is 2.21. The molecule has 0 saturated carbocycles. The first-order valence-electron chi connectivity index (χ1n) is 8.24. The first-order valence-corrected chi connectivity index (χ1v) is 8.24. The molecule has 0 spiro atoms. The minimum atomic E-state index is 0.0448. The predicted octanol–water partition coefficient (Wildman–Crippen LogP) is 4.00. The van der Waals surface area contributed by atoms with Crippen molar-refractivity contribution in [2.24, 2.45) is 0 Å². The van der Waals surface area contributed by atoms with Gasteiger partial charge in [-0.1, -0.05) is 23.8 Å². The molecule has 2 aromatic carbocycles. The van der Waals surface area contributed by atoms with Gasteiger partial charge in [-0.25, -0.2) is 0 Å². The number of hydrogen-bond acceptors (Lipinski definition) is 2. The minimum Gasteiger partial charge on any atom is -0.362 e. The van der Waals surface area contributed by atoms with Crippen LogP contribution >= 0.6 is 0 Å². The minimum absolute atomic E-state index is 0.0448. The lowest BCUT2D eigenvalue weighted by Gasteiger charge is -2.31. The molecule has 3 heteroatoms. The number of aryl methyl sites for hydroxylation is 4. The first kappa shape index (κ1) is 15.6. The second-order valence-electron chi connectivity index (χ2n) is 6.58. The molecular weight excluding hydrogens is 284 g/mol. The number of carbonyl (C=O) groups excluding carboxylic acids is 1. The third-order valence-corrected chi connectivity index (χ3v) is 4.29. The third kappa shape index (κ3) is 3.73. The maximum atomic E-state index is 12.4. The third-order valence-electron chi connectivity index (χ3n) is 4.29. The average molecular weight is 308 g/mol. The fourth-order valence-corrected chi connectivity index (χ4v) is 3.39. The van der Waals surface area contributed by atoms with Crippen LogP contribution in [0, 0.1) is 20.8 Å². The van der Waals surface area contributed by atoms with E-state index < -0.39 is 0 Å². The van der Waals surface area contributed by atoms with E-state index in [4.69, 9.17) is 0 Å². The smallest absolute Gasteiger partial charge is 0.243 e. The molecule has 0 bridgehead atoms. The normalized spacial score (nSPS) is 13.6. The van der Waals surface area contributed by atoms with E-state index >= 15 is 0 Å². The van der Waals surface area contributed by atoms with Gasteiger partial charge >= 0.3 is 0 Å². The Morgan fingerprint density at radius 3 is 2.52 bits per heavy atom. The number of nitrogens with one attached hydrogen (secondary N) is 1. The summed E-state index contributed by atoms with van der Waals surface area (Å²) in [5.41, 5.74) is 7.06. The molecule has 0 saturated heterocycles. The monoisotopic (exact) mass is 308 g/mol. The summed E-state index contributed by atoms with van der Waals surface area (Å²) in [6.45, 7) is 7.56. The Labute approximate surface area is 138 Å². The van der Waals surface area contributed by atoms with Crippen molar-refractivity contribution in [3.05, 3.63) is 58.7 Å². The second-order valence-corrected chi connectivity index (χ2v) is 6.58. The number of benzene rings is 2. The number of nitrogens with zero attached hydrogens (tertiary/aromatic N) is 1. The number of amides is 1. The lowest BCUT2D eigenvalue weighted by atomic mass is 9.99. The van der Waals surface area contributed by atoms with Crippen LogP contribution in [0.3, 0.4) is 0 Å². The van der Waals surface area contributed by atoms with E-state index in [0.717, 1.165) is 25.1 Å². The van der Waals surface area contributed by atoms with Crippen LogP contribution in [0.1, 0.15) is 28.7 Å². The van der Waals surface area contributed by atoms with E-state index in [9.17, 15) is 4.79 Å². The molecule has 0 atom stereocenters. The second kappa shape index (κ2) is 6.45. The maximum Gasteiger partial charge on any atom is 0.243 e. The number of rotatable bonds is 3. The predicted molar refractivity (Wildman–Crippen MR) is 96.3 cm³/mol. The van der Waals surface area contributed by atoms with Crippen LogP contribution in [0.15, 0.2) is 36.4 Å². The number of carbonyl (C=O) groups is 1. The van der Waals surface area contributed by atoms with Crippen molar-refractivity contribution < 1.29 is 4.79 Å². The van der Waals surface area contributed by atoms with Crippen LogP contribution in [0.4, 0.5) is 11.4 Å². The number of hydrogen-bond donors (Lipinski definition) is 1. The van der Waals surface area contributed by atoms with Crippen LogP contribution in [-0.2, 0) is 11.2 Å². The van der Waals surface area contributed by atoms with E-state index in [2.05, 4.69) is 41.4 Å². The molecule has 2 aromatic rings. The molecule has 0 unspecified atom stereocenters. The fraction of sp³-hybridized carbons (Fsp3) is 0.350. The van der Waals surface area contributed by atoms with E-state index in [1.54, 1.807) is 0 Å². The molecule has 3 nitrogen and oxygen atoms in total. The summed E-state index contributed by atoms with van der Waals surface area (Å²) < 4.78 is 0. The molecule has 3 rings (SSSR count). The summed E-state index contributed by atoms with van der Waals surface area (Å²) in [5.74, 6) is 0.0448.